The number of methoxy groups -OCH3 is 3. The molecular formula is C100H103F2N23O10. The van der Waals surface area contributed by atoms with Gasteiger partial charge in [0.25, 0.3) is 0 Å². The smallest absolute Gasteiger partial charge is 0.387 e. The molecule has 2 atom stereocenters. The molecule has 7 aliphatic heterocycles. The summed E-state index contributed by atoms with van der Waals surface area (Å²) in [7, 11) is 4.78. The number of imidazole rings is 4. The SMILES string of the molecule is CCOc1cc(Nc2nc(-c3cnc4c(c3)CCCO4)cn3ccnc23)ccc1N1CCOCC1.COc1cc(Nc2nc(-c3ccc4c(c3)CCCO4)cn3ccnc23)ccc1N1CCC(N)C1.COc1cc(Nc2nc(-c3ccc4c(c3)CCCO4)cn3ccnc23)ccc1N1CC[C@@H](N)C1.COc1cc(Nc2nc(-c3cnc4c(c3)CCCO4)cn3ccnc23)ccc1OC(F)F. The lowest BCUT2D eigenvalue weighted by atomic mass is 10.0. The molecule has 17 heterocycles. The minimum absolute atomic E-state index is 0.0527. The lowest BCUT2D eigenvalue weighted by Crippen LogP contribution is -2.36. The molecule has 3 saturated heterocycles. The first-order valence-electron chi connectivity index (χ1n) is 45.5. The fourth-order valence-corrected chi connectivity index (χ4v) is 17.9. The van der Waals surface area contributed by atoms with Crippen LogP contribution in [0.25, 0.3) is 67.6 Å². The number of alkyl halides is 2. The maximum atomic E-state index is 12.6. The van der Waals surface area contributed by atoms with Gasteiger partial charge in [0, 0.05) is 219 Å². The maximum Gasteiger partial charge on any atom is 0.387 e. The van der Waals surface area contributed by atoms with E-state index < -0.39 is 6.61 Å². The van der Waals surface area contributed by atoms with Gasteiger partial charge >= 0.3 is 6.61 Å². The number of hydrogen-bond acceptors (Lipinski definition) is 29. The maximum absolute atomic E-state index is 12.6. The zero-order chi connectivity index (χ0) is 91.8. The van der Waals surface area contributed by atoms with E-state index in [0.29, 0.717) is 59.4 Å². The molecule has 7 aliphatic rings. The standard InChI is InChI=1S/C26H28N6O3.2C26H28N6O2.C22H19F2N5O3/c1-2-34-23-15-20(5-6-22(23)31-9-12-33-13-10-31)29-24-25-27-7-8-32(25)17-21(30-24)19-14-18-4-3-11-35-26(18)28-16-19;2*1-33-24-14-20(5-6-22(24)31-10-8-19(27)15-31)29-25-26-28-9-11-32(26)16-21(30-25)17-4-7-23-18(13-17)3-2-12-34-23;1-30-18-10-15(4-5-17(18)32-22(23)24)27-19-20-25-6-7-29(20)12-16(28-19)14-9-13-3-2-8-31-21(13)26-11-14/h5-8,14-17H,2-4,9-13H2,1H3,(H,29,30);2*4-7,9,11,13-14,16,19H,2-3,8,10,12,15,27H2,1H3,(H,29,30);4-7,9-12,22H,2-3,8H2,1H3,(H,27,28)/t;19-;;/m.1../s1. The van der Waals surface area contributed by atoms with E-state index in [-0.39, 0.29) is 23.6 Å². The van der Waals surface area contributed by atoms with Crippen molar-refractivity contribution in [2.24, 2.45) is 11.5 Å². The van der Waals surface area contributed by atoms with Crippen LogP contribution in [0.5, 0.6) is 52.0 Å². The number of pyridine rings is 2. The number of aryl methyl sites for hydroxylation is 4. The molecule has 0 spiro atoms. The summed E-state index contributed by atoms with van der Waals surface area (Å²) in [4.78, 5) is 53.3. The highest BCUT2D eigenvalue weighted by atomic mass is 19.3. The number of aromatic nitrogens is 14. The average Bonchev–Trinajstić information content (AvgIpc) is 1.74. The highest BCUT2D eigenvalue weighted by molar-refractivity contribution is 5.81. The molecule has 0 bridgehead atoms. The lowest BCUT2D eigenvalue weighted by Gasteiger charge is -2.30. The van der Waals surface area contributed by atoms with E-state index >= 15 is 0 Å². The Morgan fingerprint density at radius 2 is 0.763 bits per heavy atom. The van der Waals surface area contributed by atoms with Crippen LogP contribution in [0, 0.1) is 0 Å². The van der Waals surface area contributed by atoms with E-state index in [2.05, 4.69) is 125 Å². The van der Waals surface area contributed by atoms with Crippen molar-refractivity contribution in [2.45, 2.75) is 89.8 Å². The number of ether oxygens (including phenoxy) is 10. The second kappa shape index (κ2) is 39.6. The van der Waals surface area contributed by atoms with Gasteiger partial charge in [-0.2, -0.15) is 8.78 Å². The molecule has 35 heteroatoms. The minimum Gasteiger partial charge on any atom is -0.495 e. The van der Waals surface area contributed by atoms with Crippen LogP contribution in [0.4, 0.5) is 71.9 Å². The number of anilines is 11. The highest BCUT2D eigenvalue weighted by Gasteiger charge is 2.28. The first-order valence-corrected chi connectivity index (χ1v) is 45.5. The molecule has 23 rings (SSSR count). The van der Waals surface area contributed by atoms with Crippen LogP contribution in [-0.2, 0) is 30.4 Å². The second-order valence-corrected chi connectivity index (χ2v) is 33.6. The monoisotopic (exact) mass is 1820 g/mol. The number of morpholine rings is 1. The van der Waals surface area contributed by atoms with Crippen molar-refractivity contribution in [1.29, 1.82) is 0 Å². The molecular weight excluding hydrogens is 1720 g/mol. The number of nitrogens with zero attached hydrogens (tertiary/aromatic N) is 17. The van der Waals surface area contributed by atoms with Crippen molar-refractivity contribution < 1.29 is 56.1 Å². The summed E-state index contributed by atoms with van der Waals surface area (Å²) in [5.74, 6) is 8.46. The first-order chi connectivity index (χ1) is 66.2. The van der Waals surface area contributed by atoms with E-state index in [4.69, 9.17) is 74.0 Å². The molecule has 33 nitrogen and oxygen atoms in total. The molecule has 0 amide bonds. The van der Waals surface area contributed by atoms with Crippen molar-refractivity contribution >= 4 is 85.7 Å². The Labute approximate surface area is 776 Å². The second-order valence-electron chi connectivity index (χ2n) is 33.6. The predicted molar refractivity (Wildman–Crippen MR) is 514 cm³/mol. The van der Waals surface area contributed by atoms with Gasteiger partial charge in [0.05, 0.1) is 107 Å². The fraction of sp³-hybridized carbons (Fsp3) is 0.300. The Kier molecular flexibility index (Phi) is 25.7. The van der Waals surface area contributed by atoms with Gasteiger partial charge in [-0.3, -0.25) is 0 Å². The van der Waals surface area contributed by atoms with Gasteiger partial charge < -0.3 is 112 Å². The number of fused-ring (bicyclic) bond motifs is 8. The minimum atomic E-state index is -2.94. The molecule has 10 aromatic heterocycles. The van der Waals surface area contributed by atoms with Gasteiger partial charge in [-0.25, -0.2) is 49.8 Å². The molecule has 0 radical (unpaired) electrons. The van der Waals surface area contributed by atoms with Gasteiger partial charge in [-0.1, -0.05) is 0 Å². The number of benzene rings is 6. The zero-order valence-corrected chi connectivity index (χ0v) is 75.2. The Morgan fingerprint density at radius 1 is 0.393 bits per heavy atom. The molecule has 0 saturated carbocycles. The third-order valence-corrected chi connectivity index (χ3v) is 24.5. The Bertz CT molecular complexity index is 6760. The van der Waals surface area contributed by atoms with Gasteiger partial charge in [0.2, 0.25) is 11.8 Å². The van der Waals surface area contributed by atoms with Crippen molar-refractivity contribution in [2.75, 3.05) is 143 Å². The summed E-state index contributed by atoms with van der Waals surface area (Å²) in [6, 6.07) is 40.2. The van der Waals surface area contributed by atoms with Crippen molar-refractivity contribution in [3.05, 3.63) is 230 Å². The van der Waals surface area contributed by atoms with E-state index in [1.807, 2.05) is 129 Å². The molecule has 1 unspecified atom stereocenters. The summed E-state index contributed by atoms with van der Waals surface area (Å²) < 4.78 is 88.5. The van der Waals surface area contributed by atoms with Gasteiger partial charge in [0.15, 0.2) is 57.4 Å². The molecule has 135 heavy (non-hydrogen) atoms. The molecule has 8 N–H and O–H groups in total. The van der Waals surface area contributed by atoms with E-state index in [1.165, 1.54) is 24.3 Å². The summed E-state index contributed by atoms with van der Waals surface area (Å²) in [5, 5.41) is 13.6. The topological polar surface area (TPSA) is 349 Å². The fourth-order valence-electron chi connectivity index (χ4n) is 17.9. The number of nitrogens with one attached hydrogen (secondary N) is 4. The van der Waals surface area contributed by atoms with Crippen LogP contribution in [0.15, 0.2) is 208 Å². The molecule has 0 aliphatic carbocycles. The lowest BCUT2D eigenvalue weighted by molar-refractivity contribution is -0.0512. The van der Waals surface area contributed by atoms with Gasteiger partial charge in [0.1, 0.15) is 28.7 Å². The summed E-state index contributed by atoms with van der Waals surface area (Å²) in [6.07, 6.45) is 36.0. The summed E-state index contributed by atoms with van der Waals surface area (Å²) >= 11 is 0. The molecule has 6 aromatic carbocycles. The van der Waals surface area contributed by atoms with Crippen LogP contribution in [0.2, 0.25) is 0 Å². The van der Waals surface area contributed by atoms with Crippen LogP contribution < -0.4 is 90.1 Å². The van der Waals surface area contributed by atoms with Crippen LogP contribution in [0.3, 0.4) is 0 Å². The number of rotatable bonds is 22. The zero-order valence-electron chi connectivity index (χ0n) is 75.2. The Hall–Kier alpha value is -15.4. The molecule has 3 fully saturated rings. The number of nitrogens with two attached hydrogens (primary N) is 2. The van der Waals surface area contributed by atoms with Gasteiger partial charge in [-0.05, 0) is 179 Å². The number of halogens is 2. The Morgan fingerprint density at radius 3 is 1.16 bits per heavy atom. The Balaban J connectivity index is 0.000000112. The van der Waals surface area contributed by atoms with Crippen molar-refractivity contribution in [1.82, 2.24) is 67.4 Å². The normalized spacial score (nSPS) is 15.9. The van der Waals surface area contributed by atoms with E-state index in [0.717, 1.165) is 273 Å². The average molecular weight is 1830 g/mol. The predicted octanol–water partition coefficient (Wildman–Crippen LogP) is 16.6. The van der Waals surface area contributed by atoms with Crippen LogP contribution >= 0.6 is 0 Å². The van der Waals surface area contributed by atoms with Crippen LogP contribution in [0.1, 0.15) is 67.7 Å². The van der Waals surface area contributed by atoms with E-state index in [9.17, 15) is 8.78 Å². The summed E-state index contributed by atoms with van der Waals surface area (Å²) in [6.45, 7) is 9.33. The molecule has 692 valence electrons. The quantitative estimate of drug-likeness (QED) is 0.0367. The molecule has 16 aromatic rings. The van der Waals surface area contributed by atoms with Crippen molar-refractivity contribution in [3.8, 4) is 97.0 Å². The van der Waals surface area contributed by atoms with Crippen LogP contribution in [-0.4, -0.2) is 193 Å². The largest absolute Gasteiger partial charge is 0.495 e. The van der Waals surface area contributed by atoms with E-state index in [1.54, 1.807) is 57.3 Å². The summed E-state index contributed by atoms with van der Waals surface area (Å²) in [5.41, 5.74) is 33.3. The number of hydrogen-bond donors (Lipinski definition) is 6. The third-order valence-electron chi connectivity index (χ3n) is 24.5. The van der Waals surface area contributed by atoms with Crippen molar-refractivity contribution in [3.63, 3.8) is 0 Å². The first kappa shape index (κ1) is 87.6. The highest BCUT2D eigenvalue weighted by Crippen LogP contribution is 2.43. The van der Waals surface area contributed by atoms with Gasteiger partial charge in [-0.15, -0.1) is 0 Å². The third kappa shape index (κ3) is 19.5.